The molecule has 2 N–H and O–H groups in total. The van der Waals surface area contributed by atoms with Crippen LogP contribution in [0.5, 0.6) is 0 Å². The Labute approximate surface area is 133 Å². The van der Waals surface area contributed by atoms with E-state index in [9.17, 15) is 0 Å². The molecule has 0 fully saturated rings. The molecular weight excluding hydrogens is 278 g/mol. The number of benzene rings is 1. The van der Waals surface area contributed by atoms with Gasteiger partial charge in [0.1, 0.15) is 0 Å². The fourth-order valence-electron chi connectivity index (χ4n) is 2.92. The highest BCUT2D eigenvalue weighted by molar-refractivity contribution is 6.31. The molecule has 1 nitrogen and oxygen atoms in total. The lowest BCUT2D eigenvalue weighted by Gasteiger charge is -2.12. The second-order valence-corrected chi connectivity index (χ2v) is 5.89. The van der Waals surface area contributed by atoms with Gasteiger partial charge in [0.25, 0.3) is 0 Å². The van der Waals surface area contributed by atoms with Gasteiger partial charge in [0.2, 0.25) is 0 Å². The zero-order valence-corrected chi connectivity index (χ0v) is 13.9. The fraction of sp³-hybridized carbons (Fsp3) is 0.368. The monoisotopic (exact) mass is 301 g/mol. The quantitative estimate of drug-likeness (QED) is 0.712. The van der Waals surface area contributed by atoms with E-state index >= 15 is 0 Å². The molecule has 3 rings (SSSR count). The molecule has 0 radical (unpaired) electrons. The second kappa shape index (κ2) is 7.00. The molecule has 0 saturated heterocycles. The summed E-state index contributed by atoms with van der Waals surface area (Å²) in [5.74, 6) is 0.570. The van der Waals surface area contributed by atoms with Crippen LogP contribution in [0, 0.1) is 6.92 Å². The number of aryl methyl sites for hydroxylation is 1. The van der Waals surface area contributed by atoms with Crippen LogP contribution < -0.4 is 5.73 Å². The molecule has 1 atom stereocenters. The van der Waals surface area contributed by atoms with Crippen LogP contribution in [0.15, 0.2) is 53.3 Å². The summed E-state index contributed by atoms with van der Waals surface area (Å²) in [6.07, 6.45) is 9.54. The van der Waals surface area contributed by atoms with Gasteiger partial charge in [0.15, 0.2) is 0 Å². The number of hydrogen-bond donors (Lipinski definition) is 1. The summed E-state index contributed by atoms with van der Waals surface area (Å²) in [5, 5.41) is 0.874. The maximum absolute atomic E-state index is 6.24. The lowest BCUT2D eigenvalue weighted by Crippen LogP contribution is -1.96. The van der Waals surface area contributed by atoms with Crippen molar-refractivity contribution in [3.63, 3.8) is 0 Å². The van der Waals surface area contributed by atoms with Gasteiger partial charge in [-0.25, -0.2) is 0 Å². The highest BCUT2D eigenvalue weighted by Gasteiger charge is 2.24. The van der Waals surface area contributed by atoms with E-state index in [2.05, 4.69) is 30.4 Å². The van der Waals surface area contributed by atoms with Crippen molar-refractivity contribution in [3.05, 3.63) is 69.4 Å². The third kappa shape index (κ3) is 3.59. The lowest BCUT2D eigenvalue weighted by atomic mass is 9.94. The van der Waals surface area contributed by atoms with Crippen molar-refractivity contribution in [2.45, 2.75) is 46.0 Å². The maximum Gasteiger partial charge on any atom is 0.0438 e. The molecule has 0 bridgehead atoms. The summed E-state index contributed by atoms with van der Waals surface area (Å²) in [5.41, 5.74) is 12.2. The van der Waals surface area contributed by atoms with Gasteiger partial charge >= 0.3 is 0 Å². The normalized spacial score (nSPS) is 20.4. The van der Waals surface area contributed by atoms with Crippen LogP contribution in [0.3, 0.4) is 0 Å². The molecule has 2 heteroatoms. The Morgan fingerprint density at radius 2 is 1.90 bits per heavy atom. The van der Waals surface area contributed by atoms with Crippen LogP contribution in [-0.4, -0.2) is 0 Å². The first kappa shape index (κ1) is 15.9. The number of allylic oxidation sites excluding steroid dienone is 5. The van der Waals surface area contributed by atoms with E-state index in [0.29, 0.717) is 5.92 Å². The van der Waals surface area contributed by atoms with Crippen molar-refractivity contribution in [1.29, 1.82) is 0 Å². The molecule has 1 aromatic carbocycles. The third-order valence-corrected chi connectivity index (χ3v) is 4.55. The summed E-state index contributed by atoms with van der Waals surface area (Å²) in [6, 6.07) is 6.46. The van der Waals surface area contributed by atoms with Crippen LogP contribution >= 0.6 is 11.6 Å². The first-order valence-corrected chi connectivity index (χ1v) is 8.12. The van der Waals surface area contributed by atoms with Gasteiger partial charge in [-0.1, -0.05) is 55.3 Å². The maximum atomic E-state index is 6.24. The highest BCUT2D eigenvalue weighted by atomic mass is 35.5. The van der Waals surface area contributed by atoms with Crippen molar-refractivity contribution >= 4 is 11.6 Å². The van der Waals surface area contributed by atoms with Gasteiger partial charge in [0.05, 0.1) is 0 Å². The van der Waals surface area contributed by atoms with Gasteiger partial charge in [0, 0.05) is 10.7 Å². The minimum atomic E-state index is 0.570. The molecule has 0 aromatic heterocycles. The number of halogens is 1. The molecule has 21 heavy (non-hydrogen) atoms. The number of nitrogens with two attached hydrogens (primary N) is 1. The summed E-state index contributed by atoms with van der Waals surface area (Å²) in [7, 11) is 0. The van der Waals surface area contributed by atoms with Gasteiger partial charge in [-0.05, 0) is 60.9 Å². The highest BCUT2D eigenvalue weighted by Crippen LogP contribution is 2.42. The topological polar surface area (TPSA) is 26.0 Å². The van der Waals surface area contributed by atoms with Crippen LogP contribution in [0.2, 0.25) is 5.02 Å². The minimum absolute atomic E-state index is 0.570. The smallest absolute Gasteiger partial charge is 0.0438 e. The zero-order valence-electron chi connectivity index (χ0n) is 13.1. The first-order valence-electron chi connectivity index (χ1n) is 7.74. The summed E-state index contributed by atoms with van der Waals surface area (Å²) in [6.45, 7) is 6.05. The molecule has 0 spiro atoms. The number of rotatable bonds is 1. The SMILES string of the molecule is CC.Cc1ccc(C2CC3=C(CC=C(N)C=C3)C2)cc1Cl. The van der Waals surface area contributed by atoms with Gasteiger partial charge in [-0.3, -0.25) is 0 Å². The average molecular weight is 302 g/mol. The van der Waals surface area contributed by atoms with Gasteiger partial charge in [-0.15, -0.1) is 0 Å². The van der Waals surface area contributed by atoms with E-state index in [0.717, 1.165) is 35.5 Å². The van der Waals surface area contributed by atoms with Crippen LogP contribution in [0.25, 0.3) is 0 Å². The molecule has 0 heterocycles. The molecule has 112 valence electrons. The number of hydrogen-bond acceptors (Lipinski definition) is 1. The first-order chi connectivity index (χ1) is 10.1. The van der Waals surface area contributed by atoms with Crippen molar-refractivity contribution in [3.8, 4) is 0 Å². The Morgan fingerprint density at radius 1 is 1.14 bits per heavy atom. The predicted molar refractivity (Wildman–Crippen MR) is 92.6 cm³/mol. The van der Waals surface area contributed by atoms with Crippen LogP contribution in [-0.2, 0) is 0 Å². The summed E-state index contributed by atoms with van der Waals surface area (Å²) >= 11 is 6.24. The van der Waals surface area contributed by atoms with Crippen LogP contribution in [0.4, 0.5) is 0 Å². The Balaban J connectivity index is 0.000000774. The van der Waals surface area contributed by atoms with Crippen LogP contribution in [0.1, 0.15) is 50.2 Å². The van der Waals surface area contributed by atoms with E-state index < -0.39 is 0 Å². The Hall–Kier alpha value is -1.47. The molecule has 0 saturated carbocycles. The standard InChI is InChI=1S/C17H18ClN.C2H6/c1-11-2-3-14(10-17(11)18)15-8-12-4-6-16(19)7-5-13(12)9-15;1-2/h2-4,6-7,10,15H,5,8-9,19H2,1H3;1-2H3. The van der Waals surface area contributed by atoms with E-state index in [1.165, 1.54) is 16.7 Å². The van der Waals surface area contributed by atoms with Gasteiger partial charge in [-0.2, -0.15) is 0 Å². The molecule has 1 aromatic rings. The summed E-state index contributed by atoms with van der Waals surface area (Å²) < 4.78 is 0. The van der Waals surface area contributed by atoms with Crippen molar-refractivity contribution in [2.24, 2.45) is 5.73 Å². The minimum Gasteiger partial charge on any atom is -0.399 e. The molecule has 0 amide bonds. The van der Waals surface area contributed by atoms with Crippen molar-refractivity contribution < 1.29 is 0 Å². The molecule has 2 aliphatic rings. The average Bonchev–Trinajstić information content (AvgIpc) is 2.83. The van der Waals surface area contributed by atoms with E-state index in [-0.39, 0.29) is 0 Å². The second-order valence-electron chi connectivity index (χ2n) is 5.48. The molecule has 0 aliphatic heterocycles. The third-order valence-electron chi connectivity index (χ3n) is 4.14. The predicted octanol–water partition coefficient (Wildman–Crippen LogP) is 5.65. The summed E-state index contributed by atoms with van der Waals surface area (Å²) in [4.78, 5) is 0. The zero-order chi connectivity index (χ0) is 15.4. The van der Waals surface area contributed by atoms with E-state index in [4.69, 9.17) is 17.3 Å². The van der Waals surface area contributed by atoms with Crippen molar-refractivity contribution in [1.82, 2.24) is 0 Å². The van der Waals surface area contributed by atoms with Gasteiger partial charge < -0.3 is 5.73 Å². The Kier molecular flexibility index (Phi) is 5.30. The molecular formula is C19H24ClN. The fourth-order valence-corrected chi connectivity index (χ4v) is 3.10. The lowest BCUT2D eigenvalue weighted by molar-refractivity contribution is 0.729. The van der Waals surface area contributed by atoms with E-state index in [1.54, 1.807) is 0 Å². The Morgan fingerprint density at radius 3 is 2.62 bits per heavy atom. The largest absolute Gasteiger partial charge is 0.399 e. The van der Waals surface area contributed by atoms with Crippen molar-refractivity contribution in [2.75, 3.05) is 0 Å². The van der Waals surface area contributed by atoms with E-state index in [1.807, 2.05) is 26.8 Å². The molecule has 2 aliphatic carbocycles. The Bertz CT molecular complexity index is 608. The molecule has 1 unspecified atom stereocenters.